The van der Waals surface area contributed by atoms with Crippen LogP contribution in [0.25, 0.3) is 0 Å². The van der Waals surface area contributed by atoms with Crippen molar-refractivity contribution in [3.8, 4) is 0 Å². The Labute approximate surface area is 109 Å². The summed E-state index contributed by atoms with van der Waals surface area (Å²) in [6.07, 6.45) is -0.965. The quantitative estimate of drug-likeness (QED) is 0.507. The average molecular weight is 262 g/mol. The zero-order valence-corrected chi connectivity index (χ0v) is 11.9. The van der Waals surface area contributed by atoms with Crippen LogP contribution in [0.4, 0.5) is 0 Å². The topological polar surface area (TPSA) is 76.0 Å². The molecule has 2 N–H and O–H groups in total. The minimum atomic E-state index is -0.985. The number of ether oxygens (including phenoxy) is 2. The van der Waals surface area contributed by atoms with Gasteiger partial charge in [-0.3, -0.25) is 4.79 Å². The molecule has 5 heteroatoms. The predicted octanol–water partition coefficient (Wildman–Crippen LogP) is 1.17. The fourth-order valence-corrected chi connectivity index (χ4v) is 1.62. The van der Waals surface area contributed by atoms with Gasteiger partial charge in [-0.1, -0.05) is 20.8 Å². The van der Waals surface area contributed by atoms with Crippen molar-refractivity contribution in [3.05, 3.63) is 0 Å². The summed E-state index contributed by atoms with van der Waals surface area (Å²) < 4.78 is 9.93. The van der Waals surface area contributed by atoms with Crippen molar-refractivity contribution < 1.29 is 24.5 Å². The van der Waals surface area contributed by atoms with Crippen molar-refractivity contribution in [2.75, 3.05) is 13.7 Å². The first-order chi connectivity index (χ1) is 8.29. The van der Waals surface area contributed by atoms with E-state index in [1.54, 1.807) is 20.8 Å². The zero-order valence-electron chi connectivity index (χ0n) is 11.9. The summed E-state index contributed by atoms with van der Waals surface area (Å²) in [5.74, 6) is -0.621. The van der Waals surface area contributed by atoms with E-state index in [4.69, 9.17) is 4.74 Å². The molecule has 0 fully saturated rings. The van der Waals surface area contributed by atoms with E-state index >= 15 is 0 Å². The van der Waals surface area contributed by atoms with Gasteiger partial charge in [-0.15, -0.1) is 0 Å². The van der Waals surface area contributed by atoms with Gasteiger partial charge in [-0.2, -0.15) is 0 Å². The fraction of sp³-hybridized carbons (Fsp3) is 0.923. The lowest BCUT2D eigenvalue weighted by atomic mass is 9.98. The molecule has 0 aromatic carbocycles. The molecular formula is C13H26O5. The summed E-state index contributed by atoms with van der Waals surface area (Å²) in [7, 11) is 1.37. The maximum absolute atomic E-state index is 11.2. The first-order valence-electron chi connectivity index (χ1n) is 6.35. The maximum atomic E-state index is 11.2. The van der Waals surface area contributed by atoms with Gasteiger partial charge in [0.2, 0.25) is 0 Å². The van der Waals surface area contributed by atoms with E-state index in [-0.39, 0.29) is 23.7 Å². The van der Waals surface area contributed by atoms with Crippen LogP contribution in [-0.2, 0) is 14.3 Å². The molecule has 0 amide bonds. The molecule has 0 radical (unpaired) electrons. The number of carbonyl (C=O) groups excluding carboxylic acids is 1. The molecule has 5 nitrogen and oxygen atoms in total. The number of rotatable bonds is 8. The largest absolute Gasteiger partial charge is 0.469 e. The predicted molar refractivity (Wildman–Crippen MR) is 67.8 cm³/mol. The van der Waals surface area contributed by atoms with Gasteiger partial charge in [0.15, 0.2) is 6.29 Å². The standard InChI is InChI=1S/C13H26O5/c1-8(6-9(2)12(15)17-5)7-18-13(16)10(3)11(4)14/h8-11,13-14,16H,6-7H2,1-5H3. The van der Waals surface area contributed by atoms with Crippen LogP contribution in [0.2, 0.25) is 0 Å². The molecule has 0 saturated carbocycles. The lowest BCUT2D eigenvalue weighted by Gasteiger charge is -2.23. The molecule has 0 bridgehead atoms. The minimum Gasteiger partial charge on any atom is -0.469 e. The number of hydrogen-bond acceptors (Lipinski definition) is 5. The van der Waals surface area contributed by atoms with Crippen LogP contribution >= 0.6 is 0 Å². The zero-order chi connectivity index (χ0) is 14.3. The Bertz CT molecular complexity index is 242. The Morgan fingerprint density at radius 2 is 1.72 bits per heavy atom. The summed E-state index contributed by atoms with van der Waals surface area (Å²) in [5, 5.41) is 19.0. The summed E-state index contributed by atoms with van der Waals surface area (Å²) >= 11 is 0. The van der Waals surface area contributed by atoms with Gasteiger partial charge in [0.05, 0.1) is 25.7 Å². The van der Waals surface area contributed by atoms with E-state index in [1.807, 2.05) is 6.92 Å². The second kappa shape index (κ2) is 8.45. The lowest BCUT2D eigenvalue weighted by molar-refractivity contribution is -0.159. The van der Waals surface area contributed by atoms with Gasteiger partial charge >= 0.3 is 5.97 Å². The second-order valence-corrected chi connectivity index (χ2v) is 5.09. The molecule has 0 heterocycles. The third-order valence-corrected chi connectivity index (χ3v) is 3.12. The van der Waals surface area contributed by atoms with Gasteiger partial charge < -0.3 is 19.7 Å². The highest BCUT2D eigenvalue weighted by Crippen LogP contribution is 2.16. The Morgan fingerprint density at radius 1 is 1.17 bits per heavy atom. The molecule has 108 valence electrons. The van der Waals surface area contributed by atoms with Crippen LogP contribution < -0.4 is 0 Å². The minimum absolute atomic E-state index is 0.134. The second-order valence-electron chi connectivity index (χ2n) is 5.09. The SMILES string of the molecule is COC(=O)C(C)CC(C)COC(O)C(C)C(C)O. The third kappa shape index (κ3) is 6.33. The van der Waals surface area contributed by atoms with Gasteiger partial charge in [0.25, 0.3) is 0 Å². The number of methoxy groups -OCH3 is 1. The van der Waals surface area contributed by atoms with E-state index in [2.05, 4.69) is 4.74 Å². The van der Waals surface area contributed by atoms with E-state index < -0.39 is 12.4 Å². The number of hydrogen-bond donors (Lipinski definition) is 2. The van der Waals surface area contributed by atoms with Crippen molar-refractivity contribution in [1.82, 2.24) is 0 Å². The summed E-state index contributed by atoms with van der Waals surface area (Å²) in [5.41, 5.74) is 0. The molecule has 0 spiro atoms. The van der Waals surface area contributed by atoms with Crippen LogP contribution in [0.1, 0.15) is 34.1 Å². The van der Waals surface area contributed by atoms with E-state index in [0.29, 0.717) is 13.0 Å². The summed E-state index contributed by atoms with van der Waals surface area (Å²) in [4.78, 5) is 11.2. The van der Waals surface area contributed by atoms with Crippen molar-refractivity contribution in [2.45, 2.75) is 46.5 Å². The molecule has 0 rings (SSSR count). The molecule has 18 heavy (non-hydrogen) atoms. The summed E-state index contributed by atoms with van der Waals surface area (Å²) in [6.45, 7) is 7.42. The van der Waals surface area contributed by atoms with Gasteiger partial charge in [0.1, 0.15) is 0 Å². The molecule has 5 atom stereocenters. The third-order valence-electron chi connectivity index (χ3n) is 3.12. The molecular weight excluding hydrogens is 236 g/mol. The van der Waals surface area contributed by atoms with Crippen molar-refractivity contribution in [1.29, 1.82) is 0 Å². The Kier molecular flexibility index (Phi) is 8.15. The molecule has 0 aliphatic rings. The van der Waals surface area contributed by atoms with Gasteiger partial charge in [-0.25, -0.2) is 0 Å². The molecule has 0 saturated heterocycles. The van der Waals surface area contributed by atoms with E-state index in [1.165, 1.54) is 7.11 Å². The van der Waals surface area contributed by atoms with Crippen molar-refractivity contribution in [2.24, 2.45) is 17.8 Å². The van der Waals surface area contributed by atoms with E-state index in [0.717, 1.165) is 0 Å². The average Bonchev–Trinajstić information content (AvgIpc) is 2.33. The number of esters is 1. The first-order valence-corrected chi connectivity index (χ1v) is 6.35. The van der Waals surface area contributed by atoms with Crippen LogP contribution in [0, 0.1) is 17.8 Å². The van der Waals surface area contributed by atoms with Crippen LogP contribution in [-0.4, -0.2) is 42.3 Å². The van der Waals surface area contributed by atoms with Crippen molar-refractivity contribution >= 4 is 5.97 Å². The Morgan fingerprint density at radius 3 is 2.17 bits per heavy atom. The summed E-state index contributed by atoms with van der Waals surface area (Å²) in [6, 6.07) is 0. The molecule has 0 aromatic heterocycles. The van der Waals surface area contributed by atoms with Gasteiger partial charge in [-0.05, 0) is 19.3 Å². The molecule has 0 aliphatic heterocycles. The highest BCUT2D eigenvalue weighted by molar-refractivity contribution is 5.71. The first kappa shape index (κ1) is 17.4. The Hall–Kier alpha value is -0.650. The fourth-order valence-electron chi connectivity index (χ4n) is 1.62. The van der Waals surface area contributed by atoms with Crippen LogP contribution in [0.3, 0.4) is 0 Å². The highest BCUT2D eigenvalue weighted by Gasteiger charge is 2.22. The van der Waals surface area contributed by atoms with Gasteiger partial charge in [0, 0.05) is 5.92 Å². The number of carbonyl (C=O) groups is 1. The Balaban J connectivity index is 3.96. The smallest absolute Gasteiger partial charge is 0.308 e. The molecule has 0 aromatic rings. The lowest BCUT2D eigenvalue weighted by Crippen LogP contribution is -2.31. The van der Waals surface area contributed by atoms with Crippen LogP contribution in [0.5, 0.6) is 0 Å². The molecule has 5 unspecified atom stereocenters. The van der Waals surface area contributed by atoms with Crippen LogP contribution in [0.15, 0.2) is 0 Å². The van der Waals surface area contributed by atoms with Crippen molar-refractivity contribution in [3.63, 3.8) is 0 Å². The normalized spacial score (nSPS) is 19.7. The van der Waals surface area contributed by atoms with E-state index in [9.17, 15) is 15.0 Å². The maximum Gasteiger partial charge on any atom is 0.308 e. The monoisotopic (exact) mass is 262 g/mol. The number of aliphatic hydroxyl groups is 2. The highest BCUT2D eigenvalue weighted by atomic mass is 16.6. The number of aliphatic hydroxyl groups excluding tert-OH is 2. The molecule has 0 aliphatic carbocycles.